The van der Waals surface area contributed by atoms with E-state index in [1.54, 1.807) is 6.07 Å². The Morgan fingerprint density at radius 1 is 1.50 bits per heavy atom. The molecule has 0 bridgehead atoms. The van der Waals surface area contributed by atoms with E-state index >= 15 is 0 Å². The third-order valence-electron chi connectivity index (χ3n) is 2.44. The maximum Gasteiger partial charge on any atom is 0.127 e. The van der Waals surface area contributed by atoms with Gasteiger partial charge in [-0.15, -0.1) is 0 Å². The van der Waals surface area contributed by atoms with E-state index in [1.165, 1.54) is 12.1 Å². The first-order chi connectivity index (χ1) is 7.63. The van der Waals surface area contributed by atoms with Gasteiger partial charge in [0.05, 0.1) is 0 Å². The van der Waals surface area contributed by atoms with Crippen LogP contribution in [0.4, 0.5) is 4.39 Å². The second kappa shape index (κ2) is 6.84. The largest absolute Gasteiger partial charge is 0.396 e. The van der Waals surface area contributed by atoms with Gasteiger partial charge in [0.15, 0.2) is 0 Å². The van der Waals surface area contributed by atoms with Crippen LogP contribution in [0, 0.1) is 5.82 Å². The number of rotatable bonds is 6. The summed E-state index contributed by atoms with van der Waals surface area (Å²) in [4.78, 5) is 0. The molecule has 0 aliphatic rings. The van der Waals surface area contributed by atoms with Gasteiger partial charge in [-0.2, -0.15) is 0 Å². The van der Waals surface area contributed by atoms with Crippen LogP contribution in [0.15, 0.2) is 18.2 Å². The highest BCUT2D eigenvalue weighted by Crippen LogP contribution is 2.14. The third kappa shape index (κ3) is 4.47. The van der Waals surface area contributed by atoms with E-state index in [-0.39, 0.29) is 18.5 Å². The van der Waals surface area contributed by atoms with Crippen LogP contribution in [-0.4, -0.2) is 17.8 Å². The monoisotopic (exact) mass is 245 g/mol. The van der Waals surface area contributed by atoms with Crippen LogP contribution in [0.3, 0.4) is 0 Å². The Kier molecular flexibility index (Phi) is 5.74. The summed E-state index contributed by atoms with van der Waals surface area (Å²) >= 11 is 5.79. The molecule has 1 aromatic carbocycles. The molecule has 0 saturated heterocycles. The SMILES string of the molecule is CC(CCCO)NCc1cc(Cl)ccc1F. The summed E-state index contributed by atoms with van der Waals surface area (Å²) in [7, 11) is 0. The number of aliphatic hydroxyl groups is 1. The summed E-state index contributed by atoms with van der Waals surface area (Å²) in [6.45, 7) is 2.66. The molecule has 90 valence electrons. The van der Waals surface area contributed by atoms with Crippen LogP contribution >= 0.6 is 11.6 Å². The summed E-state index contributed by atoms with van der Waals surface area (Å²) in [5.74, 6) is -0.244. The Labute approximate surface area is 100 Å². The molecule has 0 fully saturated rings. The number of hydrogen-bond acceptors (Lipinski definition) is 2. The van der Waals surface area contributed by atoms with Gasteiger partial charge in [0, 0.05) is 29.8 Å². The quantitative estimate of drug-likeness (QED) is 0.808. The summed E-state index contributed by atoms with van der Waals surface area (Å²) in [5, 5.41) is 12.4. The molecule has 0 spiro atoms. The molecule has 1 unspecified atom stereocenters. The highest BCUT2D eigenvalue weighted by atomic mass is 35.5. The molecule has 0 aliphatic carbocycles. The first-order valence-corrected chi connectivity index (χ1v) is 5.79. The van der Waals surface area contributed by atoms with Gasteiger partial charge in [0.25, 0.3) is 0 Å². The fourth-order valence-electron chi connectivity index (χ4n) is 1.46. The van der Waals surface area contributed by atoms with E-state index in [0.29, 0.717) is 17.1 Å². The lowest BCUT2D eigenvalue weighted by molar-refractivity contribution is 0.276. The van der Waals surface area contributed by atoms with E-state index in [9.17, 15) is 4.39 Å². The third-order valence-corrected chi connectivity index (χ3v) is 2.68. The lowest BCUT2D eigenvalue weighted by Crippen LogP contribution is -2.26. The normalized spacial score (nSPS) is 12.8. The second-order valence-electron chi connectivity index (χ2n) is 3.88. The average molecular weight is 246 g/mol. The average Bonchev–Trinajstić information content (AvgIpc) is 2.27. The van der Waals surface area contributed by atoms with Gasteiger partial charge in [-0.3, -0.25) is 0 Å². The zero-order valence-electron chi connectivity index (χ0n) is 9.34. The molecule has 0 saturated carbocycles. The standard InChI is InChI=1S/C12H17ClFNO/c1-9(3-2-6-16)15-8-10-7-11(13)4-5-12(10)14/h4-5,7,9,15-16H,2-3,6,8H2,1H3. The summed E-state index contributed by atoms with van der Waals surface area (Å²) < 4.78 is 13.3. The number of nitrogens with one attached hydrogen (secondary N) is 1. The molecular formula is C12H17ClFNO. The van der Waals surface area contributed by atoms with Gasteiger partial charge >= 0.3 is 0 Å². The molecule has 4 heteroatoms. The molecular weight excluding hydrogens is 229 g/mol. The Bertz CT molecular complexity index is 333. The maximum atomic E-state index is 13.3. The molecule has 1 rings (SSSR count). The van der Waals surface area contributed by atoms with Crippen molar-refractivity contribution in [3.05, 3.63) is 34.6 Å². The Morgan fingerprint density at radius 3 is 2.94 bits per heavy atom. The summed E-state index contributed by atoms with van der Waals surface area (Å²) in [6.07, 6.45) is 1.63. The van der Waals surface area contributed by atoms with Crippen molar-refractivity contribution < 1.29 is 9.50 Å². The smallest absolute Gasteiger partial charge is 0.127 e. The number of hydrogen-bond donors (Lipinski definition) is 2. The minimum atomic E-state index is -0.244. The highest BCUT2D eigenvalue weighted by Gasteiger charge is 2.05. The number of halogens is 2. The van der Waals surface area contributed by atoms with Gasteiger partial charge in [-0.25, -0.2) is 4.39 Å². The zero-order valence-corrected chi connectivity index (χ0v) is 10.1. The number of aliphatic hydroxyl groups excluding tert-OH is 1. The molecule has 1 aromatic rings. The first kappa shape index (κ1) is 13.4. The predicted octanol–water partition coefficient (Wildman–Crippen LogP) is 2.73. The Balaban J connectivity index is 2.44. The van der Waals surface area contributed by atoms with Crippen LogP contribution in [0.25, 0.3) is 0 Å². The van der Waals surface area contributed by atoms with Crippen molar-refractivity contribution in [2.75, 3.05) is 6.61 Å². The molecule has 1 atom stereocenters. The molecule has 2 N–H and O–H groups in total. The molecule has 0 amide bonds. The zero-order chi connectivity index (χ0) is 12.0. The van der Waals surface area contributed by atoms with Crippen LogP contribution in [0.5, 0.6) is 0 Å². The topological polar surface area (TPSA) is 32.3 Å². The van der Waals surface area contributed by atoms with Crippen LogP contribution < -0.4 is 5.32 Å². The van der Waals surface area contributed by atoms with E-state index < -0.39 is 0 Å². The lowest BCUT2D eigenvalue weighted by Gasteiger charge is -2.13. The Morgan fingerprint density at radius 2 is 2.25 bits per heavy atom. The van der Waals surface area contributed by atoms with Crippen molar-refractivity contribution in [2.24, 2.45) is 0 Å². The fraction of sp³-hybridized carbons (Fsp3) is 0.500. The lowest BCUT2D eigenvalue weighted by atomic mass is 10.1. The van der Waals surface area contributed by atoms with Gasteiger partial charge in [0.1, 0.15) is 5.82 Å². The van der Waals surface area contributed by atoms with Crippen molar-refractivity contribution in [3.8, 4) is 0 Å². The molecule has 0 radical (unpaired) electrons. The summed E-state index contributed by atoms with van der Waals surface area (Å²) in [5.41, 5.74) is 0.573. The second-order valence-corrected chi connectivity index (χ2v) is 4.32. The van der Waals surface area contributed by atoms with Crippen LogP contribution in [0.1, 0.15) is 25.3 Å². The molecule has 0 aliphatic heterocycles. The summed E-state index contributed by atoms with van der Waals surface area (Å²) in [6, 6.07) is 4.79. The van der Waals surface area contributed by atoms with E-state index in [1.807, 2.05) is 6.92 Å². The van der Waals surface area contributed by atoms with E-state index in [4.69, 9.17) is 16.7 Å². The van der Waals surface area contributed by atoms with Crippen molar-refractivity contribution in [2.45, 2.75) is 32.4 Å². The van der Waals surface area contributed by atoms with Crippen LogP contribution in [0.2, 0.25) is 5.02 Å². The van der Waals surface area contributed by atoms with E-state index in [2.05, 4.69) is 5.32 Å². The van der Waals surface area contributed by atoms with Gasteiger partial charge in [0.2, 0.25) is 0 Å². The van der Waals surface area contributed by atoms with Crippen molar-refractivity contribution in [3.63, 3.8) is 0 Å². The number of benzene rings is 1. The predicted molar refractivity (Wildman–Crippen MR) is 64.0 cm³/mol. The van der Waals surface area contributed by atoms with Crippen LogP contribution in [-0.2, 0) is 6.54 Å². The van der Waals surface area contributed by atoms with Crippen molar-refractivity contribution in [1.82, 2.24) is 5.32 Å². The highest BCUT2D eigenvalue weighted by molar-refractivity contribution is 6.30. The van der Waals surface area contributed by atoms with Crippen molar-refractivity contribution in [1.29, 1.82) is 0 Å². The van der Waals surface area contributed by atoms with Crippen molar-refractivity contribution >= 4 is 11.6 Å². The molecule has 2 nitrogen and oxygen atoms in total. The first-order valence-electron chi connectivity index (χ1n) is 5.41. The molecule has 0 aromatic heterocycles. The maximum absolute atomic E-state index is 13.3. The van der Waals surface area contributed by atoms with Gasteiger partial charge in [-0.1, -0.05) is 11.6 Å². The minimum absolute atomic E-state index is 0.192. The molecule has 0 heterocycles. The van der Waals surface area contributed by atoms with Gasteiger partial charge in [-0.05, 0) is 38.0 Å². The van der Waals surface area contributed by atoms with Gasteiger partial charge < -0.3 is 10.4 Å². The van der Waals surface area contributed by atoms with E-state index in [0.717, 1.165) is 12.8 Å². The Hall–Kier alpha value is -0.640. The minimum Gasteiger partial charge on any atom is -0.396 e. The molecule has 16 heavy (non-hydrogen) atoms. The fourth-order valence-corrected chi connectivity index (χ4v) is 1.66.